The molecule has 0 fully saturated rings. The molecule has 1 aromatic carbocycles. The van der Waals surface area contributed by atoms with Gasteiger partial charge in [-0.25, -0.2) is 4.39 Å². The maximum atomic E-state index is 13.8. The summed E-state index contributed by atoms with van der Waals surface area (Å²) in [4.78, 5) is 3.82. The molecule has 3 nitrogen and oxygen atoms in total. The molecule has 0 amide bonds. The van der Waals surface area contributed by atoms with Crippen LogP contribution in [0.15, 0.2) is 30.6 Å². The Kier molecular flexibility index (Phi) is 3.59. The molecule has 0 saturated heterocycles. The molecule has 1 atom stereocenters. The summed E-state index contributed by atoms with van der Waals surface area (Å²) < 4.78 is 13.8. The Morgan fingerprint density at radius 2 is 2.11 bits per heavy atom. The van der Waals surface area contributed by atoms with Gasteiger partial charge >= 0.3 is 0 Å². The van der Waals surface area contributed by atoms with Crippen molar-refractivity contribution in [2.24, 2.45) is 0 Å². The van der Waals surface area contributed by atoms with Gasteiger partial charge in [-0.05, 0) is 31.0 Å². The van der Waals surface area contributed by atoms with Crippen LogP contribution in [0.5, 0.6) is 0 Å². The number of aromatic nitrogens is 1. The van der Waals surface area contributed by atoms with Gasteiger partial charge in [0.25, 0.3) is 0 Å². The summed E-state index contributed by atoms with van der Waals surface area (Å²) in [6.45, 7) is 3.33. The van der Waals surface area contributed by atoms with E-state index in [0.717, 1.165) is 17.3 Å². The van der Waals surface area contributed by atoms with Gasteiger partial charge in [0.15, 0.2) is 0 Å². The molecule has 0 saturated carbocycles. The normalized spacial score (nSPS) is 11.9. The minimum atomic E-state index is -0.922. The lowest BCUT2D eigenvalue weighted by molar-refractivity contribution is 0.194. The van der Waals surface area contributed by atoms with Gasteiger partial charge in [0.05, 0.1) is 23.9 Å². The van der Waals surface area contributed by atoms with Crippen molar-refractivity contribution < 1.29 is 9.50 Å². The second-order valence-electron chi connectivity index (χ2n) is 4.40. The monoisotopic (exact) mass is 256 g/mol. The molecular weight excluding hydrogens is 243 g/mol. The van der Waals surface area contributed by atoms with E-state index in [-0.39, 0.29) is 5.56 Å². The van der Waals surface area contributed by atoms with E-state index in [0.29, 0.717) is 11.1 Å². The fraction of sp³-hybridized carbons (Fsp3) is 0.200. The third-order valence-corrected chi connectivity index (χ3v) is 3.01. The summed E-state index contributed by atoms with van der Waals surface area (Å²) in [6.07, 6.45) is 1.68. The minimum absolute atomic E-state index is 0.221. The number of nitriles is 1. The van der Waals surface area contributed by atoms with E-state index in [1.54, 1.807) is 18.2 Å². The van der Waals surface area contributed by atoms with Gasteiger partial charge in [0.2, 0.25) is 0 Å². The van der Waals surface area contributed by atoms with Crippen LogP contribution >= 0.6 is 0 Å². The summed E-state index contributed by atoms with van der Waals surface area (Å²) >= 11 is 0. The van der Waals surface area contributed by atoms with Gasteiger partial charge in [0.1, 0.15) is 5.82 Å². The zero-order valence-corrected chi connectivity index (χ0v) is 10.7. The van der Waals surface area contributed by atoms with Gasteiger partial charge in [-0.15, -0.1) is 0 Å². The van der Waals surface area contributed by atoms with Crippen LogP contribution in [0.2, 0.25) is 0 Å². The third kappa shape index (κ3) is 2.47. The lowest BCUT2D eigenvalue weighted by Crippen LogP contribution is -2.01. The van der Waals surface area contributed by atoms with E-state index in [4.69, 9.17) is 5.26 Å². The molecule has 1 N–H and O–H groups in total. The molecular formula is C15H13FN2O. The van der Waals surface area contributed by atoms with Gasteiger partial charge in [-0.3, -0.25) is 4.98 Å². The largest absolute Gasteiger partial charge is 0.389 e. The SMILES string of the molecule is Cc1cc(-c2cncc(F)c2[C@H](C)O)ccc1C#N. The van der Waals surface area contributed by atoms with Crippen molar-refractivity contribution in [2.75, 3.05) is 0 Å². The van der Waals surface area contributed by atoms with Gasteiger partial charge < -0.3 is 5.11 Å². The van der Waals surface area contributed by atoms with Crippen LogP contribution in [0.1, 0.15) is 29.7 Å². The Hall–Kier alpha value is -2.25. The molecule has 1 heterocycles. The number of hydrogen-bond donors (Lipinski definition) is 1. The molecule has 0 aliphatic carbocycles. The number of nitrogens with zero attached hydrogens (tertiary/aromatic N) is 2. The highest BCUT2D eigenvalue weighted by Gasteiger charge is 2.16. The van der Waals surface area contributed by atoms with E-state index < -0.39 is 11.9 Å². The first-order valence-corrected chi connectivity index (χ1v) is 5.87. The highest BCUT2D eigenvalue weighted by atomic mass is 19.1. The molecule has 0 unspecified atom stereocenters. The molecule has 2 aromatic rings. The summed E-state index contributed by atoms with van der Waals surface area (Å²) in [5.41, 5.74) is 2.88. The highest BCUT2D eigenvalue weighted by molar-refractivity contribution is 5.68. The number of hydrogen-bond acceptors (Lipinski definition) is 3. The van der Waals surface area contributed by atoms with Crippen LogP contribution in [0, 0.1) is 24.1 Å². The first-order chi connectivity index (χ1) is 9.04. The van der Waals surface area contributed by atoms with Crippen molar-refractivity contribution in [1.29, 1.82) is 5.26 Å². The maximum absolute atomic E-state index is 13.8. The predicted octanol–water partition coefficient (Wildman–Crippen LogP) is 3.12. The third-order valence-electron chi connectivity index (χ3n) is 3.01. The number of rotatable bonds is 2. The molecule has 0 aliphatic heterocycles. The second-order valence-corrected chi connectivity index (χ2v) is 4.40. The van der Waals surface area contributed by atoms with Crippen LogP contribution in [0.4, 0.5) is 4.39 Å². The number of aryl methyl sites for hydroxylation is 1. The number of halogens is 1. The first kappa shape index (κ1) is 13.2. The Balaban J connectivity index is 2.63. The van der Waals surface area contributed by atoms with Crippen LogP contribution in [0.25, 0.3) is 11.1 Å². The van der Waals surface area contributed by atoms with Gasteiger partial charge in [-0.2, -0.15) is 5.26 Å². The van der Waals surface area contributed by atoms with Gasteiger partial charge in [0, 0.05) is 17.3 Å². The molecule has 0 bridgehead atoms. The van der Waals surface area contributed by atoms with Gasteiger partial charge in [-0.1, -0.05) is 12.1 Å². The molecule has 0 aliphatic rings. The summed E-state index contributed by atoms with van der Waals surface area (Å²) in [6, 6.07) is 7.29. The summed E-state index contributed by atoms with van der Waals surface area (Å²) in [7, 11) is 0. The van der Waals surface area contributed by atoms with Crippen molar-refractivity contribution in [2.45, 2.75) is 20.0 Å². The molecule has 96 valence electrons. The van der Waals surface area contributed by atoms with Crippen molar-refractivity contribution in [3.63, 3.8) is 0 Å². The topological polar surface area (TPSA) is 56.9 Å². The Morgan fingerprint density at radius 1 is 1.37 bits per heavy atom. The Bertz CT molecular complexity index is 660. The van der Waals surface area contributed by atoms with Crippen LogP contribution in [-0.4, -0.2) is 10.1 Å². The van der Waals surface area contributed by atoms with Crippen LogP contribution < -0.4 is 0 Å². The van der Waals surface area contributed by atoms with Crippen molar-refractivity contribution >= 4 is 0 Å². The highest BCUT2D eigenvalue weighted by Crippen LogP contribution is 2.30. The fourth-order valence-electron chi connectivity index (χ4n) is 2.06. The van der Waals surface area contributed by atoms with Crippen molar-refractivity contribution in [3.05, 3.63) is 53.1 Å². The molecule has 1 aromatic heterocycles. The van der Waals surface area contributed by atoms with Crippen LogP contribution in [-0.2, 0) is 0 Å². The van der Waals surface area contributed by atoms with E-state index in [9.17, 15) is 9.50 Å². The summed E-state index contributed by atoms with van der Waals surface area (Å²) in [5, 5.41) is 18.6. The molecule has 0 radical (unpaired) electrons. The van der Waals surface area contributed by atoms with E-state index in [1.165, 1.54) is 13.1 Å². The molecule has 0 spiro atoms. The van der Waals surface area contributed by atoms with Crippen molar-refractivity contribution in [1.82, 2.24) is 4.98 Å². The molecule has 19 heavy (non-hydrogen) atoms. The fourth-order valence-corrected chi connectivity index (χ4v) is 2.06. The maximum Gasteiger partial charge on any atom is 0.147 e. The predicted molar refractivity (Wildman–Crippen MR) is 69.7 cm³/mol. The zero-order chi connectivity index (χ0) is 14.0. The van der Waals surface area contributed by atoms with E-state index in [2.05, 4.69) is 11.1 Å². The lowest BCUT2D eigenvalue weighted by atomic mass is 9.96. The number of aliphatic hydroxyl groups is 1. The average Bonchev–Trinajstić information content (AvgIpc) is 2.37. The first-order valence-electron chi connectivity index (χ1n) is 5.87. The number of aliphatic hydroxyl groups excluding tert-OH is 1. The average molecular weight is 256 g/mol. The quantitative estimate of drug-likeness (QED) is 0.898. The molecule has 4 heteroatoms. The minimum Gasteiger partial charge on any atom is -0.389 e. The zero-order valence-electron chi connectivity index (χ0n) is 10.7. The summed E-state index contributed by atoms with van der Waals surface area (Å²) in [5.74, 6) is -0.533. The Labute approximate surface area is 111 Å². The second kappa shape index (κ2) is 5.17. The standard InChI is InChI=1S/C15H13FN2O/c1-9-5-11(3-4-12(9)6-17)13-7-18-8-14(16)15(13)10(2)19/h3-5,7-8,10,19H,1-2H3/t10-/m0/s1. The number of benzene rings is 1. The van der Waals surface area contributed by atoms with Crippen molar-refractivity contribution in [3.8, 4) is 17.2 Å². The Morgan fingerprint density at radius 3 is 2.68 bits per heavy atom. The van der Waals surface area contributed by atoms with E-state index in [1.807, 2.05) is 6.92 Å². The van der Waals surface area contributed by atoms with Crippen LogP contribution in [0.3, 0.4) is 0 Å². The smallest absolute Gasteiger partial charge is 0.147 e. The number of pyridine rings is 1. The molecule has 2 rings (SSSR count). The van der Waals surface area contributed by atoms with E-state index >= 15 is 0 Å². The lowest BCUT2D eigenvalue weighted by Gasteiger charge is -2.13.